The average Bonchev–Trinajstić information content (AvgIpc) is 2.69. The van der Waals surface area contributed by atoms with Gasteiger partial charge in [-0.25, -0.2) is 13.2 Å². The maximum Gasteiger partial charge on any atom is 0.335 e. The van der Waals surface area contributed by atoms with E-state index in [0.717, 1.165) is 12.8 Å². The Balaban J connectivity index is 2.55. The summed E-state index contributed by atoms with van der Waals surface area (Å²) in [6.07, 6.45) is 1.63. The number of carbonyl (C=O) groups is 1. The van der Waals surface area contributed by atoms with Crippen LogP contribution in [0.1, 0.15) is 42.6 Å². The van der Waals surface area contributed by atoms with Gasteiger partial charge < -0.3 is 5.11 Å². The van der Waals surface area contributed by atoms with Crippen molar-refractivity contribution in [1.29, 1.82) is 0 Å². The molecule has 1 fully saturated rings. The molecule has 1 saturated heterocycles. The highest BCUT2D eigenvalue weighted by Crippen LogP contribution is 2.35. The molecular weight excluding hydrogens is 278 g/mol. The maximum atomic E-state index is 12.8. The Morgan fingerprint density at radius 3 is 2.50 bits per heavy atom. The van der Waals surface area contributed by atoms with Crippen molar-refractivity contribution in [2.45, 2.75) is 44.0 Å². The summed E-state index contributed by atoms with van der Waals surface area (Å²) < 4.78 is 27.0. The minimum atomic E-state index is -3.66. The van der Waals surface area contributed by atoms with Crippen molar-refractivity contribution in [1.82, 2.24) is 4.31 Å². The second-order valence-electron chi connectivity index (χ2n) is 5.78. The summed E-state index contributed by atoms with van der Waals surface area (Å²) in [6, 6.07) is 4.21. The molecule has 1 aliphatic heterocycles. The third kappa shape index (κ3) is 2.45. The van der Waals surface area contributed by atoms with Crippen molar-refractivity contribution in [2.24, 2.45) is 0 Å². The van der Waals surface area contributed by atoms with Gasteiger partial charge in [0.15, 0.2) is 0 Å². The molecule has 1 aromatic rings. The summed E-state index contributed by atoms with van der Waals surface area (Å²) in [5.41, 5.74) is 0.133. The maximum absolute atomic E-state index is 12.8. The fourth-order valence-corrected chi connectivity index (χ4v) is 4.76. The van der Waals surface area contributed by atoms with E-state index in [4.69, 9.17) is 5.11 Å². The highest BCUT2D eigenvalue weighted by atomic mass is 32.2. The molecule has 0 bridgehead atoms. The number of aromatic carboxylic acids is 1. The summed E-state index contributed by atoms with van der Waals surface area (Å²) in [4.78, 5) is 11.1. The Morgan fingerprint density at radius 2 is 2.00 bits per heavy atom. The van der Waals surface area contributed by atoms with Gasteiger partial charge >= 0.3 is 5.97 Å². The summed E-state index contributed by atoms with van der Waals surface area (Å²) in [6.45, 7) is 5.95. The van der Waals surface area contributed by atoms with E-state index in [9.17, 15) is 13.2 Å². The summed E-state index contributed by atoms with van der Waals surface area (Å²) >= 11 is 0. The van der Waals surface area contributed by atoms with E-state index in [2.05, 4.69) is 0 Å². The van der Waals surface area contributed by atoms with Crippen LogP contribution in [0.3, 0.4) is 0 Å². The van der Waals surface area contributed by atoms with E-state index < -0.39 is 21.5 Å². The Bertz CT molecular complexity index is 649. The van der Waals surface area contributed by atoms with Gasteiger partial charge in [0.2, 0.25) is 10.0 Å². The predicted octanol–water partition coefficient (Wildman–Crippen LogP) is 2.26. The van der Waals surface area contributed by atoms with Crippen LogP contribution in [0.25, 0.3) is 0 Å². The SMILES string of the molecule is Cc1ccc(C(=O)O)cc1S(=O)(=O)N1CCCC1(C)C. The number of hydrogen-bond donors (Lipinski definition) is 1. The van der Waals surface area contributed by atoms with Crippen LogP contribution in [0.15, 0.2) is 23.1 Å². The van der Waals surface area contributed by atoms with Crippen molar-refractivity contribution < 1.29 is 18.3 Å². The third-order valence-corrected chi connectivity index (χ3v) is 6.08. The standard InChI is InChI=1S/C14H19NO4S/c1-10-5-6-11(13(16)17)9-12(10)20(18,19)15-8-4-7-14(15,2)3/h5-6,9H,4,7-8H2,1-3H3,(H,16,17). The molecule has 0 aromatic heterocycles. The van der Waals surface area contributed by atoms with E-state index in [1.807, 2.05) is 13.8 Å². The van der Waals surface area contributed by atoms with Crippen molar-refractivity contribution in [2.75, 3.05) is 6.54 Å². The highest BCUT2D eigenvalue weighted by Gasteiger charge is 2.41. The molecule has 110 valence electrons. The van der Waals surface area contributed by atoms with Gasteiger partial charge in [0.1, 0.15) is 0 Å². The molecule has 1 heterocycles. The van der Waals surface area contributed by atoms with Crippen LogP contribution in [0, 0.1) is 6.92 Å². The number of nitrogens with zero attached hydrogens (tertiary/aromatic N) is 1. The topological polar surface area (TPSA) is 74.7 Å². The molecule has 1 aliphatic rings. The number of aryl methyl sites for hydroxylation is 1. The Kier molecular flexibility index (Phi) is 3.64. The Hall–Kier alpha value is -1.40. The van der Waals surface area contributed by atoms with E-state index in [1.165, 1.54) is 16.4 Å². The van der Waals surface area contributed by atoms with Gasteiger partial charge in [-0.15, -0.1) is 0 Å². The van der Waals surface area contributed by atoms with E-state index in [1.54, 1.807) is 13.0 Å². The van der Waals surface area contributed by atoms with Crippen molar-refractivity contribution >= 4 is 16.0 Å². The molecule has 20 heavy (non-hydrogen) atoms. The second-order valence-corrected chi connectivity index (χ2v) is 7.61. The Labute approximate surface area is 119 Å². The lowest BCUT2D eigenvalue weighted by atomic mass is 10.0. The largest absolute Gasteiger partial charge is 0.478 e. The van der Waals surface area contributed by atoms with Gasteiger partial charge in [0.05, 0.1) is 10.5 Å². The van der Waals surface area contributed by atoms with Gasteiger partial charge in [0, 0.05) is 12.1 Å². The number of rotatable bonds is 3. The molecule has 0 spiro atoms. The molecule has 0 saturated carbocycles. The van der Waals surface area contributed by atoms with Crippen LogP contribution in [-0.4, -0.2) is 35.9 Å². The predicted molar refractivity (Wildman–Crippen MR) is 75.3 cm³/mol. The number of benzene rings is 1. The van der Waals surface area contributed by atoms with Crippen molar-refractivity contribution in [3.63, 3.8) is 0 Å². The number of carboxylic acids is 1. The van der Waals surface area contributed by atoms with Crippen LogP contribution < -0.4 is 0 Å². The lowest BCUT2D eigenvalue weighted by Gasteiger charge is -2.31. The summed E-state index contributed by atoms with van der Waals surface area (Å²) in [7, 11) is -3.66. The minimum absolute atomic E-state index is 0.00817. The van der Waals surface area contributed by atoms with Crippen LogP contribution in [0.5, 0.6) is 0 Å². The molecule has 6 heteroatoms. The fourth-order valence-electron chi connectivity index (χ4n) is 2.66. The molecule has 1 aromatic carbocycles. The zero-order valence-electron chi connectivity index (χ0n) is 11.9. The van der Waals surface area contributed by atoms with Gasteiger partial charge in [0.25, 0.3) is 0 Å². The highest BCUT2D eigenvalue weighted by molar-refractivity contribution is 7.89. The zero-order chi connectivity index (χ0) is 15.1. The first-order valence-electron chi connectivity index (χ1n) is 6.53. The van der Waals surface area contributed by atoms with E-state index >= 15 is 0 Å². The number of sulfonamides is 1. The molecule has 0 unspecified atom stereocenters. The van der Waals surface area contributed by atoms with Crippen molar-refractivity contribution in [3.8, 4) is 0 Å². The molecule has 2 rings (SSSR count). The minimum Gasteiger partial charge on any atom is -0.478 e. The summed E-state index contributed by atoms with van der Waals surface area (Å²) in [5.74, 6) is -1.12. The molecular formula is C14H19NO4S. The fraction of sp³-hybridized carbons (Fsp3) is 0.500. The van der Waals surface area contributed by atoms with Gasteiger partial charge in [-0.05, 0) is 51.3 Å². The molecule has 0 radical (unpaired) electrons. The van der Waals surface area contributed by atoms with Crippen molar-refractivity contribution in [3.05, 3.63) is 29.3 Å². The molecule has 0 aliphatic carbocycles. The van der Waals surface area contributed by atoms with Gasteiger partial charge in [-0.2, -0.15) is 4.31 Å². The molecule has 5 nitrogen and oxygen atoms in total. The van der Waals surface area contributed by atoms with Gasteiger partial charge in [-0.3, -0.25) is 0 Å². The lowest BCUT2D eigenvalue weighted by molar-refractivity contribution is 0.0696. The van der Waals surface area contributed by atoms with Gasteiger partial charge in [-0.1, -0.05) is 6.07 Å². The lowest BCUT2D eigenvalue weighted by Crippen LogP contribution is -2.42. The normalized spacial score (nSPS) is 19.1. The van der Waals surface area contributed by atoms with Crippen LogP contribution >= 0.6 is 0 Å². The molecule has 1 N–H and O–H groups in total. The summed E-state index contributed by atoms with van der Waals surface area (Å²) in [5, 5.41) is 9.03. The number of carboxylic acid groups (broad SMARTS) is 1. The van der Waals surface area contributed by atoms with Crippen LogP contribution in [-0.2, 0) is 10.0 Å². The van der Waals surface area contributed by atoms with E-state index in [0.29, 0.717) is 12.1 Å². The quantitative estimate of drug-likeness (QED) is 0.928. The third-order valence-electron chi connectivity index (χ3n) is 3.83. The second kappa shape index (κ2) is 4.86. The van der Waals surface area contributed by atoms with Crippen LogP contribution in [0.2, 0.25) is 0 Å². The molecule has 0 amide bonds. The molecule has 0 atom stereocenters. The van der Waals surface area contributed by atoms with E-state index in [-0.39, 0.29) is 10.5 Å². The number of hydrogen-bond acceptors (Lipinski definition) is 3. The monoisotopic (exact) mass is 297 g/mol. The first-order valence-corrected chi connectivity index (χ1v) is 7.97. The van der Waals surface area contributed by atoms with Crippen LogP contribution in [0.4, 0.5) is 0 Å². The first kappa shape index (κ1) is 15.0. The average molecular weight is 297 g/mol. The Morgan fingerprint density at radius 1 is 1.35 bits per heavy atom. The smallest absolute Gasteiger partial charge is 0.335 e. The zero-order valence-corrected chi connectivity index (χ0v) is 12.7. The first-order chi connectivity index (χ1) is 9.16.